The van der Waals surface area contributed by atoms with Crippen molar-refractivity contribution in [3.05, 3.63) is 0 Å². The molecule has 0 aliphatic heterocycles. The van der Waals surface area contributed by atoms with E-state index in [0.29, 0.717) is 5.92 Å². The number of hydrogen-bond donors (Lipinski definition) is 1. The van der Waals surface area contributed by atoms with E-state index in [1.165, 1.54) is 0 Å². The highest BCUT2D eigenvalue weighted by atomic mass is 32.2. The van der Waals surface area contributed by atoms with E-state index in [2.05, 4.69) is 0 Å². The zero-order valence-electron chi connectivity index (χ0n) is 11.8. The highest BCUT2D eigenvalue weighted by Gasteiger charge is 2.30. The van der Waals surface area contributed by atoms with Crippen LogP contribution in [0.25, 0.3) is 0 Å². The minimum atomic E-state index is -3.12. The van der Waals surface area contributed by atoms with Crippen LogP contribution in [0.3, 0.4) is 0 Å². The van der Waals surface area contributed by atoms with E-state index in [9.17, 15) is 8.42 Å². The Labute approximate surface area is 111 Å². The van der Waals surface area contributed by atoms with E-state index in [0.717, 1.165) is 32.1 Å². The third-order valence-corrected chi connectivity index (χ3v) is 6.39. The van der Waals surface area contributed by atoms with Gasteiger partial charge in [0.15, 0.2) is 0 Å². The van der Waals surface area contributed by atoms with Gasteiger partial charge in [-0.3, -0.25) is 0 Å². The Balaban J connectivity index is 2.56. The van der Waals surface area contributed by atoms with E-state index in [1.807, 2.05) is 13.8 Å². The summed E-state index contributed by atoms with van der Waals surface area (Å²) in [6.07, 6.45) is 4.52. The molecule has 5 heteroatoms. The smallest absolute Gasteiger partial charge is 0.214 e. The predicted molar refractivity (Wildman–Crippen MR) is 73.8 cm³/mol. The maximum absolute atomic E-state index is 12.2. The van der Waals surface area contributed by atoms with Crippen molar-refractivity contribution in [2.24, 2.45) is 11.8 Å². The maximum atomic E-state index is 12.2. The van der Waals surface area contributed by atoms with Crippen LogP contribution in [0, 0.1) is 11.8 Å². The molecule has 1 atom stereocenters. The molecule has 1 unspecified atom stereocenters. The highest BCUT2D eigenvalue weighted by molar-refractivity contribution is 7.89. The summed E-state index contributed by atoms with van der Waals surface area (Å²) >= 11 is 0. The molecule has 0 saturated heterocycles. The number of sulfonamides is 1. The summed E-state index contributed by atoms with van der Waals surface area (Å²) < 4.78 is 26.0. The maximum Gasteiger partial charge on any atom is 0.214 e. The van der Waals surface area contributed by atoms with E-state index < -0.39 is 10.0 Å². The minimum absolute atomic E-state index is 0.127. The first-order valence-corrected chi connectivity index (χ1v) is 8.58. The lowest BCUT2D eigenvalue weighted by Gasteiger charge is -2.33. The van der Waals surface area contributed by atoms with Crippen LogP contribution in [-0.2, 0) is 10.0 Å². The van der Waals surface area contributed by atoms with Crippen LogP contribution in [0.15, 0.2) is 0 Å². The monoisotopic (exact) mass is 277 g/mol. The fourth-order valence-electron chi connectivity index (χ4n) is 2.51. The second-order valence-electron chi connectivity index (χ2n) is 5.67. The molecule has 1 saturated carbocycles. The van der Waals surface area contributed by atoms with Gasteiger partial charge in [0.05, 0.1) is 5.75 Å². The zero-order chi connectivity index (χ0) is 13.8. The van der Waals surface area contributed by atoms with Crippen LogP contribution in [0.1, 0.15) is 46.0 Å². The van der Waals surface area contributed by atoms with Crippen molar-refractivity contribution in [3.63, 3.8) is 0 Å². The minimum Gasteiger partial charge on any atom is -0.396 e. The molecule has 0 aromatic heterocycles. The molecule has 0 bridgehead atoms. The molecule has 1 aliphatic carbocycles. The molecular weight excluding hydrogens is 250 g/mol. The SMILES string of the molecule is CCC(C)CS(=O)(=O)N(C)C1CCC(CO)CC1. The summed E-state index contributed by atoms with van der Waals surface area (Å²) in [5.74, 6) is 0.832. The van der Waals surface area contributed by atoms with Crippen LogP contribution in [0.4, 0.5) is 0 Å². The molecule has 1 N–H and O–H groups in total. The van der Waals surface area contributed by atoms with Crippen molar-refractivity contribution in [1.82, 2.24) is 4.31 Å². The third kappa shape index (κ3) is 4.21. The first kappa shape index (κ1) is 15.9. The van der Waals surface area contributed by atoms with Crippen molar-refractivity contribution in [2.45, 2.75) is 52.0 Å². The van der Waals surface area contributed by atoms with Crippen LogP contribution in [0.2, 0.25) is 0 Å². The van der Waals surface area contributed by atoms with Gasteiger partial charge in [-0.15, -0.1) is 0 Å². The number of aliphatic hydroxyl groups excluding tert-OH is 1. The quantitative estimate of drug-likeness (QED) is 0.806. The Kier molecular flexibility index (Phi) is 6.08. The summed E-state index contributed by atoms with van der Waals surface area (Å²) in [4.78, 5) is 0. The Hall–Kier alpha value is -0.130. The molecule has 4 nitrogen and oxygen atoms in total. The summed E-state index contributed by atoms with van der Waals surface area (Å²) in [7, 11) is -1.41. The van der Waals surface area contributed by atoms with Gasteiger partial charge in [0.1, 0.15) is 0 Å². The highest BCUT2D eigenvalue weighted by Crippen LogP contribution is 2.28. The lowest BCUT2D eigenvalue weighted by Crippen LogP contribution is -2.41. The van der Waals surface area contributed by atoms with Gasteiger partial charge in [-0.2, -0.15) is 0 Å². The van der Waals surface area contributed by atoms with Gasteiger partial charge in [0.25, 0.3) is 0 Å². The molecule has 18 heavy (non-hydrogen) atoms. The normalized spacial score (nSPS) is 27.4. The molecule has 0 spiro atoms. The fraction of sp³-hybridized carbons (Fsp3) is 1.00. The molecule has 0 amide bonds. The van der Waals surface area contributed by atoms with Gasteiger partial charge in [-0.1, -0.05) is 20.3 Å². The summed E-state index contributed by atoms with van der Waals surface area (Å²) in [6, 6.07) is 0.127. The van der Waals surface area contributed by atoms with Gasteiger partial charge in [-0.05, 0) is 37.5 Å². The molecule has 108 valence electrons. The zero-order valence-corrected chi connectivity index (χ0v) is 12.6. The van der Waals surface area contributed by atoms with Crippen LogP contribution < -0.4 is 0 Å². The molecular formula is C13H27NO3S. The summed E-state index contributed by atoms with van der Waals surface area (Å²) in [5, 5.41) is 9.09. The Morgan fingerprint density at radius 2 is 1.83 bits per heavy atom. The average Bonchev–Trinajstić information content (AvgIpc) is 2.37. The second kappa shape index (κ2) is 6.87. The van der Waals surface area contributed by atoms with E-state index >= 15 is 0 Å². The topological polar surface area (TPSA) is 57.6 Å². The van der Waals surface area contributed by atoms with Crippen molar-refractivity contribution in [2.75, 3.05) is 19.4 Å². The summed E-state index contributed by atoms with van der Waals surface area (Å²) in [5.41, 5.74) is 0. The van der Waals surface area contributed by atoms with Crippen molar-refractivity contribution in [1.29, 1.82) is 0 Å². The van der Waals surface area contributed by atoms with E-state index in [-0.39, 0.29) is 24.3 Å². The van der Waals surface area contributed by atoms with Crippen molar-refractivity contribution >= 4 is 10.0 Å². The van der Waals surface area contributed by atoms with Crippen LogP contribution in [-0.4, -0.2) is 43.3 Å². The Bertz CT molecular complexity index is 334. The second-order valence-corrected chi connectivity index (χ2v) is 7.74. The summed E-state index contributed by atoms with van der Waals surface area (Å²) in [6.45, 7) is 4.23. The van der Waals surface area contributed by atoms with Gasteiger partial charge >= 0.3 is 0 Å². The lowest BCUT2D eigenvalue weighted by atomic mass is 9.87. The molecule has 1 aliphatic rings. The van der Waals surface area contributed by atoms with Crippen LogP contribution in [0.5, 0.6) is 0 Å². The van der Waals surface area contributed by atoms with Gasteiger partial charge < -0.3 is 5.11 Å². The lowest BCUT2D eigenvalue weighted by molar-refractivity contribution is 0.159. The molecule has 0 radical (unpaired) electrons. The van der Waals surface area contributed by atoms with E-state index in [1.54, 1.807) is 11.4 Å². The number of rotatable bonds is 6. The first-order chi connectivity index (χ1) is 8.40. The number of hydrogen-bond acceptors (Lipinski definition) is 3. The number of aliphatic hydroxyl groups is 1. The van der Waals surface area contributed by atoms with Crippen LogP contribution >= 0.6 is 0 Å². The first-order valence-electron chi connectivity index (χ1n) is 6.97. The van der Waals surface area contributed by atoms with Crippen molar-refractivity contribution in [3.8, 4) is 0 Å². The average molecular weight is 277 g/mol. The van der Waals surface area contributed by atoms with Gasteiger partial charge in [0, 0.05) is 19.7 Å². The van der Waals surface area contributed by atoms with Crippen molar-refractivity contribution < 1.29 is 13.5 Å². The molecule has 0 heterocycles. The standard InChI is InChI=1S/C13H27NO3S/c1-4-11(2)10-18(16,17)14(3)13-7-5-12(9-15)6-8-13/h11-13,15H,4-10H2,1-3H3. The molecule has 1 fully saturated rings. The van der Waals surface area contributed by atoms with Gasteiger partial charge in [0.2, 0.25) is 10.0 Å². The van der Waals surface area contributed by atoms with E-state index in [4.69, 9.17) is 5.11 Å². The van der Waals surface area contributed by atoms with Gasteiger partial charge in [-0.25, -0.2) is 12.7 Å². The molecule has 1 rings (SSSR count). The number of nitrogens with zero attached hydrogens (tertiary/aromatic N) is 1. The Morgan fingerprint density at radius 1 is 1.28 bits per heavy atom. The fourth-order valence-corrected chi connectivity index (χ4v) is 4.37. The third-order valence-electron chi connectivity index (χ3n) is 4.22. The predicted octanol–water partition coefficient (Wildman–Crippen LogP) is 1.85. The molecule has 0 aromatic rings. The largest absolute Gasteiger partial charge is 0.396 e. The Morgan fingerprint density at radius 3 is 2.28 bits per heavy atom. The molecule has 0 aromatic carbocycles.